The summed E-state index contributed by atoms with van der Waals surface area (Å²) in [5.41, 5.74) is -2.90. The Bertz CT molecular complexity index is 3860. The van der Waals surface area contributed by atoms with Crippen molar-refractivity contribution in [2.24, 2.45) is 35.5 Å². The van der Waals surface area contributed by atoms with E-state index in [1.165, 1.54) is 31.7 Å². The first-order chi connectivity index (χ1) is 47.8. The molecule has 5 saturated carbocycles. The molecule has 6 aliphatic heterocycles. The molecule has 0 aromatic heterocycles. The van der Waals surface area contributed by atoms with Crippen molar-refractivity contribution >= 4 is 116 Å². The van der Waals surface area contributed by atoms with Crippen LogP contribution in [0.5, 0.6) is 0 Å². The van der Waals surface area contributed by atoms with Crippen LogP contribution < -0.4 is 26.0 Å². The van der Waals surface area contributed by atoms with Crippen LogP contribution in [0.2, 0.25) is 0 Å². The van der Waals surface area contributed by atoms with Crippen LogP contribution >= 0.6 is 46.4 Å². The van der Waals surface area contributed by atoms with Gasteiger partial charge >= 0.3 is 30.3 Å². The van der Waals surface area contributed by atoms with Gasteiger partial charge in [-0.3, -0.25) is 38.5 Å². The van der Waals surface area contributed by atoms with E-state index in [0.717, 1.165) is 6.42 Å². The summed E-state index contributed by atoms with van der Waals surface area (Å²) in [7, 11) is -3.99. The van der Waals surface area contributed by atoms with E-state index in [0.29, 0.717) is 80.0 Å². The normalized spacial score (nSPS) is 31.7. The summed E-state index contributed by atoms with van der Waals surface area (Å²) < 4.78 is 77.0. The Kier molecular flexibility index (Phi) is 22.9. The quantitative estimate of drug-likeness (QED) is 0.106. The number of benzene rings is 2. The number of carboxylic acids is 1. The van der Waals surface area contributed by atoms with E-state index in [2.05, 4.69) is 26.0 Å². The molecule has 2 aromatic rings. The maximum atomic E-state index is 14.5. The molecule has 0 bridgehead atoms. The molecule has 6 N–H and O–H groups in total. The molecule has 6 heterocycles. The fourth-order valence-corrected chi connectivity index (χ4v) is 19.4. The molecular formula is C71H95Cl4F2N9O17S. The zero-order valence-electron chi connectivity index (χ0n) is 57.5. The van der Waals surface area contributed by atoms with Crippen molar-refractivity contribution in [1.29, 1.82) is 0 Å². The topological polar surface area (TPSA) is 335 Å². The Morgan fingerprint density at radius 3 is 1.36 bits per heavy atom. The van der Waals surface area contributed by atoms with E-state index in [-0.39, 0.29) is 110 Å². The number of alkyl carbamates (subject to hydrolysis) is 2. The molecule has 574 valence electrons. The Morgan fingerprint density at radius 2 is 0.962 bits per heavy atom. The summed E-state index contributed by atoms with van der Waals surface area (Å²) in [6.07, 6.45) is 1.27. The van der Waals surface area contributed by atoms with E-state index < -0.39 is 172 Å². The van der Waals surface area contributed by atoms with Crippen LogP contribution in [0.4, 0.5) is 28.0 Å². The SMILES string of the molecule is C.C.CC(C)(C)OC(=O)N[C@H]1CCCCCC2C([C@@H]3C[C@@]3(C(=O)NS(=O)(=O)C3CC3)NC(=O)[C@@H]3C[C@@H](OC(=O)N4Cc5cccc(F)c5C4)CN3C1=O)C2(Cl)Cl.CC(C)(C)OC(=O)N[C@H]1CCCCCC2C([C@@H]3C[C@@]3(C(=O)O)NC(=O)[C@@H]3C[C@@H](OC(=O)N4Cc5cccc(F)c5C4)CN3C1=O)C2(Cl)Cl. The number of sulfonamides is 1. The monoisotopic (exact) mass is 1560 g/mol. The number of carboxylic acid groups (broad SMARTS) is 1. The smallest absolute Gasteiger partial charge is 0.410 e. The highest BCUT2D eigenvalue weighted by molar-refractivity contribution is 7.91. The van der Waals surface area contributed by atoms with Crippen molar-refractivity contribution in [2.45, 2.75) is 258 Å². The zero-order chi connectivity index (χ0) is 73.7. The number of hydrogen-bond donors (Lipinski definition) is 6. The molecule has 13 rings (SSSR count). The van der Waals surface area contributed by atoms with Gasteiger partial charge in [-0.1, -0.05) is 77.6 Å². The highest BCUT2D eigenvalue weighted by Gasteiger charge is 2.79. The lowest BCUT2D eigenvalue weighted by Gasteiger charge is -2.30. The van der Waals surface area contributed by atoms with Crippen molar-refractivity contribution in [3.05, 3.63) is 70.3 Å². The van der Waals surface area contributed by atoms with Crippen LogP contribution in [0.15, 0.2) is 36.4 Å². The average molecular weight is 1560 g/mol. The second-order valence-corrected chi connectivity index (χ2v) is 36.1. The van der Waals surface area contributed by atoms with Gasteiger partial charge in [-0.15, -0.1) is 46.4 Å². The molecule has 0 spiro atoms. The van der Waals surface area contributed by atoms with Gasteiger partial charge in [-0.05, 0) is 134 Å². The second-order valence-electron chi connectivity index (χ2n) is 31.3. The molecule has 4 unspecified atom stereocenters. The first-order valence-electron chi connectivity index (χ1n) is 35.0. The Balaban J connectivity index is 0.000000220. The van der Waals surface area contributed by atoms with Crippen LogP contribution in [-0.2, 0) is 83.9 Å². The Hall–Kier alpha value is -6.69. The van der Waals surface area contributed by atoms with Gasteiger partial charge in [0.15, 0.2) is 0 Å². The molecule has 14 atom stereocenters. The molecule has 0 radical (unpaired) electrons. The van der Waals surface area contributed by atoms with Crippen LogP contribution in [0.3, 0.4) is 0 Å². The highest BCUT2D eigenvalue weighted by Crippen LogP contribution is 2.73. The number of nitrogens with one attached hydrogen (secondary N) is 5. The van der Waals surface area contributed by atoms with Gasteiger partial charge in [-0.2, -0.15) is 0 Å². The molecule has 9 fully saturated rings. The summed E-state index contributed by atoms with van der Waals surface area (Å²) in [6.45, 7) is 9.98. The fraction of sp³-hybridized carbons (Fsp3) is 0.690. The van der Waals surface area contributed by atoms with E-state index in [9.17, 15) is 70.3 Å². The number of alkyl halides is 4. The summed E-state index contributed by atoms with van der Waals surface area (Å²) >= 11 is 26.8. The first kappa shape index (κ1) is 79.9. The lowest BCUT2D eigenvalue weighted by Crippen LogP contribution is -2.58. The number of aliphatic carboxylic acids is 1. The van der Waals surface area contributed by atoms with Gasteiger partial charge in [0, 0.05) is 54.8 Å². The molecule has 26 nitrogen and oxygen atoms in total. The third kappa shape index (κ3) is 16.7. The number of amides is 9. The summed E-state index contributed by atoms with van der Waals surface area (Å²) in [5, 5.41) is 20.4. The van der Waals surface area contributed by atoms with Crippen LogP contribution in [0.25, 0.3) is 0 Å². The number of hydrogen-bond acceptors (Lipinski definition) is 16. The van der Waals surface area contributed by atoms with E-state index in [1.54, 1.807) is 65.8 Å². The van der Waals surface area contributed by atoms with Crippen molar-refractivity contribution in [3.63, 3.8) is 0 Å². The summed E-state index contributed by atoms with van der Waals surface area (Å²) in [4.78, 5) is 141. The Labute approximate surface area is 624 Å². The standard InChI is InChI=1S/C36H46Cl2FN5O9S.C33H41Cl2FN4O8.2CH4/c1-34(2,3)53-32(48)40-26-11-6-4-5-9-23-28(36(23,37)38)24-15-35(24,31(47)42-54(50,51)21-12-13-21)41-29(45)27-14-20(17-44(27)30(26)46)52-33(49)43-16-19-8-7-10-25(39)22(19)18-43;1-31(2,3)48-29(45)37-23-11-6-4-5-9-20-25(33(20,34)35)21-13-32(21,28(43)44)38-26(41)24-12-18(15-40(24)27(23)42)47-30(46)39-14-17-8-7-10-22(36)19(17)16-39;;/h7-8,10,20-21,23-24,26-28H,4-6,9,11-18H2,1-3H3,(H,40,48)(H,41,45)(H,42,47);7-8,10,18,20-21,23-25H,4-6,9,11-16H2,1-3H3,(H,37,45)(H,38,41)(H,43,44);2*1H4/t20-,23?,24+,26+,27+,28?,35-;18-,20?,21+,23+,24+,25?,32-;;/m11../s1. The average Bonchev–Trinajstić information content (AvgIpc) is 1.51. The number of ether oxygens (including phenoxy) is 4. The molecule has 104 heavy (non-hydrogen) atoms. The molecule has 9 amide bonds. The van der Waals surface area contributed by atoms with Gasteiger partial charge in [0.05, 0.1) is 31.4 Å². The highest BCUT2D eigenvalue weighted by atomic mass is 35.5. The molecule has 33 heteroatoms. The van der Waals surface area contributed by atoms with Crippen LogP contribution in [0.1, 0.15) is 181 Å². The lowest BCUT2D eigenvalue weighted by molar-refractivity contribution is -0.146. The van der Waals surface area contributed by atoms with Gasteiger partial charge in [-0.25, -0.2) is 41.2 Å². The minimum absolute atomic E-state index is 0. The minimum Gasteiger partial charge on any atom is -0.479 e. The van der Waals surface area contributed by atoms with Crippen molar-refractivity contribution in [3.8, 4) is 0 Å². The molecule has 5 aliphatic carbocycles. The fourth-order valence-electron chi connectivity index (χ4n) is 16.1. The number of halogens is 6. The van der Waals surface area contributed by atoms with E-state index in [4.69, 9.17) is 65.4 Å². The number of carbonyl (C=O) groups is 10. The van der Waals surface area contributed by atoms with Crippen molar-refractivity contribution in [2.75, 3.05) is 13.1 Å². The molecule has 11 aliphatic rings. The number of carbonyl (C=O) groups excluding carboxylic acids is 9. The lowest BCUT2D eigenvalue weighted by atomic mass is 10.0. The summed E-state index contributed by atoms with van der Waals surface area (Å²) in [6, 6.07) is 4.52. The van der Waals surface area contributed by atoms with Gasteiger partial charge in [0.1, 0.15) is 79.0 Å². The van der Waals surface area contributed by atoms with Crippen molar-refractivity contribution < 1.29 is 89.2 Å². The predicted octanol–water partition coefficient (Wildman–Crippen LogP) is 9.76. The molecule has 4 saturated heterocycles. The number of fused-ring (bicyclic) bond motifs is 10. The van der Waals surface area contributed by atoms with Gasteiger partial charge in [0.2, 0.25) is 33.7 Å². The maximum Gasteiger partial charge on any atom is 0.410 e. The number of rotatable bonds is 8. The van der Waals surface area contributed by atoms with E-state index >= 15 is 0 Å². The largest absolute Gasteiger partial charge is 0.479 e. The number of nitrogens with zero attached hydrogens (tertiary/aromatic N) is 4. The zero-order valence-corrected chi connectivity index (χ0v) is 61.3. The predicted molar refractivity (Wildman–Crippen MR) is 377 cm³/mol. The third-order valence-corrected chi connectivity index (χ3v) is 25.6. The van der Waals surface area contributed by atoms with E-state index in [1.807, 2.05) is 0 Å². The van der Waals surface area contributed by atoms with Crippen molar-refractivity contribution in [1.82, 2.24) is 45.6 Å². The van der Waals surface area contributed by atoms with Gasteiger partial charge < -0.3 is 55.1 Å². The Morgan fingerprint density at radius 1 is 0.567 bits per heavy atom. The maximum absolute atomic E-state index is 14.5. The second kappa shape index (κ2) is 29.8. The molecule has 2 aromatic carbocycles. The third-order valence-electron chi connectivity index (χ3n) is 21.7. The van der Waals surface area contributed by atoms with Gasteiger partial charge in [0.25, 0.3) is 5.91 Å². The first-order valence-corrected chi connectivity index (χ1v) is 38.1. The molecular weight excluding hydrogens is 1460 g/mol. The summed E-state index contributed by atoms with van der Waals surface area (Å²) in [5.74, 6) is -7.77. The minimum atomic E-state index is -3.99. The van der Waals surface area contributed by atoms with Crippen LogP contribution in [-0.4, -0.2) is 179 Å². The van der Waals surface area contributed by atoms with Crippen LogP contribution in [0, 0.1) is 47.1 Å².